The predicted octanol–water partition coefficient (Wildman–Crippen LogP) is -1.58. The van der Waals surface area contributed by atoms with Gasteiger partial charge in [-0.25, -0.2) is 0 Å². The summed E-state index contributed by atoms with van der Waals surface area (Å²) in [6.45, 7) is 6.09. The van der Waals surface area contributed by atoms with E-state index in [-0.39, 0.29) is 0 Å². The van der Waals surface area contributed by atoms with Crippen LogP contribution >= 0.6 is 0 Å². The summed E-state index contributed by atoms with van der Waals surface area (Å²) in [7, 11) is 0. The van der Waals surface area contributed by atoms with Gasteiger partial charge in [0.25, 0.3) is 5.79 Å². The minimum Gasteiger partial charge on any atom is -0.463 e. The van der Waals surface area contributed by atoms with E-state index in [4.69, 9.17) is 42.6 Å². The molecule has 0 saturated carbocycles. The maximum atomic E-state index is 12.3. The zero-order chi connectivity index (χ0) is 31.9. The van der Waals surface area contributed by atoms with E-state index in [1.807, 2.05) is 0 Å². The summed E-state index contributed by atoms with van der Waals surface area (Å²) in [5, 5.41) is 20.6. The normalized spacial score (nSPS) is 33.1. The molecule has 2 saturated heterocycles. The van der Waals surface area contributed by atoms with Gasteiger partial charge in [0.2, 0.25) is 6.29 Å². The lowest BCUT2D eigenvalue weighted by molar-refractivity contribution is -0.394. The minimum absolute atomic E-state index is 0.560. The fraction of sp³-hybridized carbons (Fsp3) is 0.760. The highest BCUT2D eigenvalue weighted by Gasteiger charge is 2.67. The molecule has 0 aromatic heterocycles. The Morgan fingerprint density at radius 1 is 0.738 bits per heavy atom. The van der Waals surface area contributed by atoms with Crippen LogP contribution in [0.1, 0.15) is 48.5 Å². The molecule has 238 valence electrons. The molecule has 0 aromatic carbocycles. The third-order valence-electron chi connectivity index (χ3n) is 6.06. The van der Waals surface area contributed by atoms with E-state index >= 15 is 0 Å². The van der Waals surface area contributed by atoms with Crippen molar-refractivity contribution in [2.24, 2.45) is 0 Å². The van der Waals surface area contributed by atoms with Gasteiger partial charge in [0.15, 0.2) is 30.5 Å². The lowest BCUT2D eigenvalue weighted by atomic mass is 9.97. The van der Waals surface area contributed by atoms with Crippen LogP contribution in [0.25, 0.3) is 0 Å². The molecule has 10 atom stereocenters. The van der Waals surface area contributed by atoms with E-state index in [9.17, 15) is 39.0 Å². The zero-order valence-electron chi connectivity index (χ0n) is 24.1. The maximum Gasteiger partial charge on any atom is 0.303 e. The van der Waals surface area contributed by atoms with E-state index in [2.05, 4.69) is 0 Å². The van der Waals surface area contributed by atoms with Crippen molar-refractivity contribution < 1.29 is 81.6 Å². The second kappa shape index (κ2) is 14.7. The second-order valence-electron chi connectivity index (χ2n) is 9.52. The molecule has 2 aliphatic heterocycles. The van der Waals surface area contributed by atoms with E-state index in [1.54, 1.807) is 0 Å². The van der Waals surface area contributed by atoms with Crippen molar-refractivity contribution >= 4 is 35.8 Å². The smallest absolute Gasteiger partial charge is 0.303 e. The summed E-state index contributed by atoms with van der Waals surface area (Å²) < 4.78 is 49.5. The molecule has 0 spiro atoms. The van der Waals surface area contributed by atoms with Gasteiger partial charge in [0, 0.05) is 41.5 Å². The molecule has 0 aromatic rings. The molecule has 2 heterocycles. The van der Waals surface area contributed by atoms with Crippen LogP contribution in [0.15, 0.2) is 0 Å². The second-order valence-corrected chi connectivity index (χ2v) is 9.52. The van der Waals surface area contributed by atoms with Crippen molar-refractivity contribution in [3.63, 3.8) is 0 Å². The maximum absolute atomic E-state index is 12.3. The van der Waals surface area contributed by atoms with Crippen LogP contribution in [0.3, 0.4) is 0 Å². The van der Waals surface area contributed by atoms with Gasteiger partial charge in [-0.1, -0.05) is 0 Å². The first-order chi connectivity index (χ1) is 19.5. The number of carbonyl (C=O) groups excluding carboxylic acids is 6. The first-order valence-corrected chi connectivity index (χ1v) is 12.8. The molecule has 17 heteroatoms. The number of hydrogen-bond donors (Lipinski definition) is 2. The van der Waals surface area contributed by atoms with Crippen molar-refractivity contribution in [3.8, 4) is 0 Å². The van der Waals surface area contributed by atoms with Gasteiger partial charge in [-0.05, 0) is 6.92 Å². The lowest BCUT2D eigenvalue weighted by Crippen LogP contribution is -2.66. The van der Waals surface area contributed by atoms with Crippen LogP contribution in [0.4, 0.5) is 0 Å². The number of ether oxygens (including phenoxy) is 9. The standard InChI is InChI=1S/C25H36O17/c1-10(35-12(3)28)25(23(39-16(7)32)20(36-13(4)29)18(41-25)9-34-11(2)27)42-24-22(38-15(6)31)21(37-14(5)30)19(33)17(8-26)40-24/h10,17-24,26,33H,8-9H2,1-7H3/t10?,17-,18-,19-,20-,21+,22-,23+,24-,25+/m1/s1. The number of carbonyl (C=O) groups is 6. The Hall–Kier alpha value is -3.38. The SMILES string of the molecule is CC(=O)OC[C@H]1O[C@](O[C@H]2O[C@H](CO)[C@@H](O)[C@H](OC(C)=O)[C@H]2OC(C)=O)(C(C)OC(C)=O)[C@@H](OC(C)=O)[C@@H]1OC(C)=O. The van der Waals surface area contributed by atoms with Crippen molar-refractivity contribution in [2.75, 3.05) is 13.2 Å². The van der Waals surface area contributed by atoms with Crippen molar-refractivity contribution in [3.05, 3.63) is 0 Å². The fourth-order valence-electron chi connectivity index (χ4n) is 4.59. The molecule has 0 aliphatic carbocycles. The Morgan fingerprint density at radius 2 is 1.26 bits per heavy atom. The van der Waals surface area contributed by atoms with Crippen LogP contribution < -0.4 is 0 Å². The summed E-state index contributed by atoms with van der Waals surface area (Å²) in [4.78, 5) is 71.9. The van der Waals surface area contributed by atoms with Gasteiger partial charge in [0.05, 0.1) is 6.61 Å². The van der Waals surface area contributed by atoms with Crippen molar-refractivity contribution in [1.82, 2.24) is 0 Å². The van der Waals surface area contributed by atoms with E-state index in [0.29, 0.717) is 0 Å². The van der Waals surface area contributed by atoms with Crippen LogP contribution in [-0.2, 0) is 71.4 Å². The van der Waals surface area contributed by atoms with Crippen LogP contribution in [-0.4, -0.2) is 120 Å². The third kappa shape index (κ3) is 8.57. The number of esters is 6. The average molecular weight is 609 g/mol. The van der Waals surface area contributed by atoms with Crippen molar-refractivity contribution in [1.29, 1.82) is 0 Å². The predicted molar refractivity (Wildman–Crippen MR) is 131 cm³/mol. The summed E-state index contributed by atoms with van der Waals surface area (Å²) in [5.74, 6) is -7.68. The number of rotatable bonds is 11. The van der Waals surface area contributed by atoms with Gasteiger partial charge in [0.1, 0.15) is 24.9 Å². The minimum atomic E-state index is -2.45. The molecule has 2 fully saturated rings. The van der Waals surface area contributed by atoms with Gasteiger partial charge in [-0.15, -0.1) is 0 Å². The van der Waals surface area contributed by atoms with Crippen molar-refractivity contribution in [2.45, 2.75) is 109 Å². The number of aliphatic hydroxyl groups is 2. The number of aliphatic hydroxyl groups excluding tert-OH is 2. The van der Waals surface area contributed by atoms with Gasteiger partial charge >= 0.3 is 35.8 Å². The molecule has 2 rings (SSSR count). The summed E-state index contributed by atoms with van der Waals surface area (Å²) in [6, 6.07) is 0. The highest BCUT2D eigenvalue weighted by atomic mass is 16.8. The Kier molecular flexibility index (Phi) is 12.2. The number of hydrogen-bond acceptors (Lipinski definition) is 17. The largest absolute Gasteiger partial charge is 0.463 e. The van der Waals surface area contributed by atoms with Gasteiger partial charge in [-0.3, -0.25) is 28.8 Å². The molecular formula is C25H36O17. The van der Waals surface area contributed by atoms with Crippen LogP contribution in [0, 0.1) is 0 Å². The Labute approximate surface area is 240 Å². The molecule has 1 unspecified atom stereocenters. The molecule has 17 nitrogen and oxygen atoms in total. The topological polar surface area (TPSA) is 226 Å². The van der Waals surface area contributed by atoms with Gasteiger partial charge in [-0.2, -0.15) is 0 Å². The fourth-order valence-corrected chi connectivity index (χ4v) is 4.59. The molecule has 0 amide bonds. The highest BCUT2D eigenvalue weighted by molar-refractivity contribution is 5.69. The average Bonchev–Trinajstić information content (AvgIpc) is 3.12. The third-order valence-corrected chi connectivity index (χ3v) is 6.06. The van der Waals surface area contributed by atoms with Gasteiger partial charge < -0.3 is 52.8 Å². The monoisotopic (exact) mass is 608 g/mol. The Bertz CT molecular complexity index is 1030. The summed E-state index contributed by atoms with van der Waals surface area (Å²) >= 11 is 0. The first kappa shape index (κ1) is 34.8. The lowest BCUT2D eigenvalue weighted by Gasteiger charge is -2.46. The Morgan fingerprint density at radius 3 is 1.74 bits per heavy atom. The molecule has 0 bridgehead atoms. The molecular weight excluding hydrogens is 572 g/mol. The van der Waals surface area contributed by atoms with E-state index in [0.717, 1.165) is 41.5 Å². The highest BCUT2D eigenvalue weighted by Crippen LogP contribution is 2.43. The van der Waals surface area contributed by atoms with E-state index in [1.165, 1.54) is 6.92 Å². The molecule has 0 radical (unpaired) electrons. The molecule has 42 heavy (non-hydrogen) atoms. The summed E-state index contributed by atoms with van der Waals surface area (Å²) in [6.07, 6.45) is -14.6. The Balaban J connectivity index is 2.74. The first-order valence-electron chi connectivity index (χ1n) is 12.8. The quantitative estimate of drug-likeness (QED) is 0.199. The van der Waals surface area contributed by atoms with E-state index < -0.39 is 110 Å². The summed E-state index contributed by atoms with van der Waals surface area (Å²) in [5.41, 5.74) is 0. The molecule has 2 aliphatic rings. The molecule has 2 N–H and O–H groups in total. The zero-order valence-corrected chi connectivity index (χ0v) is 24.1. The van der Waals surface area contributed by atoms with Crippen LogP contribution in [0.2, 0.25) is 0 Å². The van der Waals surface area contributed by atoms with Crippen LogP contribution in [0.5, 0.6) is 0 Å².